The molecule has 0 aromatic heterocycles. The van der Waals surface area contributed by atoms with Gasteiger partial charge >= 0.3 is 0 Å². The predicted molar refractivity (Wildman–Crippen MR) is 81.2 cm³/mol. The fraction of sp³-hybridized carbons (Fsp3) is 0.0714. The third kappa shape index (κ3) is 3.49. The lowest BCUT2D eigenvalue weighted by molar-refractivity contribution is 0.0951. The summed E-state index contributed by atoms with van der Waals surface area (Å²) in [5.74, 6) is -0.227. The summed E-state index contributed by atoms with van der Waals surface area (Å²) in [5, 5.41) is 3.22. The number of benzene rings is 2. The van der Waals surface area contributed by atoms with Gasteiger partial charge in [0.15, 0.2) is 0 Å². The topological polar surface area (TPSA) is 55.1 Å². The molecular formula is C14H12BrClN2O. The Morgan fingerprint density at radius 2 is 2.00 bits per heavy atom. The Labute approximate surface area is 124 Å². The average molecular weight is 340 g/mol. The van der Waals surface area contributed by atoms with Crippen molar-refractivity contribution in [3.63, 3.8) is 0 Å². The second kappa shape index (κ2) is 6.08. The molecule has 0 aliphatic heterocycles. The summed E-state index contributed by atoms with van der Waals surface area (Å²) in [5.41, 5.74) is 7.78. The van der Waals surface area contributed by atoms with Crippen LogP contribution >= 0.6 is 27.5 Å². The van der Waals surface area contributed by atoms with Crippen LogP contribution in [-0.2, 0) is 6.54 Å². The number of hydrogen-bond acceptors (Lipinski definition) is 2. The van der Waals surface area contributed by atoms with Crippen molar-refractivity contribution in [2.24, 2.45) is 0 Å². The molecule has 3 nitrogen and oxygen atoms in total. The maximum Gasteiger partial charge on any atom is 0.253 e. The number of carbonyl (C=O) groups excluding carboxylic acids is 1. The van der Waals surface area contributed by atoms with Crippen LogP contribution in [0.15, 0.2) is 46.9 Å². The number of para-hydroxylation sites is 1. The molecule has 0 atom stereocenters. The quantitative estimate of drug-likeness (QED) is 0.839. The number of nitrogens with two attached hydrogens (primary N) is 1. The minimum atomic E-state index is -0.227. The van der Waals surface area contributed by atoms with E-state index in [9.17, 15) is 4.79 Å². The molecule has 2 aromatic carbocycles. The van der Waals surface area contributed by atoms with Gasteiger partial charge in [-0.25, -0.2) is 0 Å². The molecule has 2 aromatic rings. The zero-order valence-electron chi connectivity index (χ0n) is 9.99. The summed E-state index contributed by atoms with van der Waals surface area (Å²) >= 11 is 9.31. The van der Waals surface area contributed by atoms with E-state index >= 15 is 0 Å². The third-order valence-electron chi connectivity index (χ3n) is 2.67. The van der Waals surface area contributed by atoms with Crippen molar-refractivity contribution in [1.82, 2.24) is 5.32 Å². The molecule has 0 bridgehead atoms. The summed E-state index contributed by atoms with van der Waals surface area (Å²) in [6, 6.07) is 12.6. The molecule has 2 rings (SSSR count). The Hall–Kier alpha value is -1.52. The first-order valence-corrected chi connectivity index (χ1v) is 6.81. The van der Waals surface area contributed by atoms with E-state index in [2.05, 4.69) is 21.2 Å². The van der Waals surface area contributed by atoms with Gasteiger partial charge in [-0.3, -0.25) is 4.79 Å². The minimum absolute atomic E-state index is 0.227. The van der Waals surface area contributed by atoms with E-state index in [1.165, 1.54) is 0 Å². The Kier molecular flexibility index (Phi) is 4.45. The summed E-state index contributed by atoms with van der Waals surface area (Å²) in [4.78, 5) is 12.0. The highest BCUT2D eigenvalue weighted by molar-refractivity contribution is 9.10. The molecule has 3 N–H and O–H groups in total. The number of nitrogens with one attached hydrogen (secondary N) is 1. The number of anilines is 1. The smallest absolute Gasteiger partial charge is 0.253 e. The molecule has 0 unspecified atom stereocenters. The van der Waals surface area contributed by atoms with Crippen molar-refractivity contribution in [1.29, 1.82) is 0 Å². The highest BCUT2D eigenvalue weighted by atomic mass is 79.9. The van der Waals surface area contributed by atoms with E-state index < -0.39 is 0 Å². The van der Waals surface area contributed by atoms with Crippen LogP contribution in [0.2, 0.25) is 5.02 Å². The minimum Gasteiger partial charge on any atom is -0.398 e. The Morgan fingerprint density at radius 1 is 1.26 bits per heavy atom. The molecule has 98 valence electrons. The van der Waals surface area contributed by atoms with Crippen LogP contribution in [0.4, 0.5) is 5.69 Å². The van der Waals surface area contributed by atoms with Crippen LogP contribution < -0.4 is 11.1 Å². The van der Waals surface area contributed by atoms with Crippen LogP contribution in [-0.4, -0.2) is 5.91 Å². The molecular weight excluding hydrogens is 328 g/mol. The lowest BCUT2D eigenvalue weighted by Gasteiger charge is -2.09. The van der Waals surface area contributed by atoms with Crippen molar-refractivity contribution in [2.45, 2.75) is 6.54 Å². The van der Waals surface area contributed by atoms with Crippen LogP contribution in [0.3, 0.4) is 0 Å². The van der Waals surface area contributed by atoms with Gasteiger partial charge in [-0.1, -0.05) is 45.7 Å². The molecule has 19 heavy (non-hydrogen) atoms. The predicted octanol–water partition coefficient (Wildman–Crippen LogP) is 3.61. The SMILES string of the molecule is Nc1ccccc1CNC(=O)c1cc(Br)ccc1Cl. The van der Waals surface area contributed by atoms with Gasteiger partial charge in [0, 0.05) is 16.7 Å². The monoisotopic (exact) mass is 338 g/mol. The third-order valence-corrected chi connectivity index (χ3v) is 3.49. The van der Waals surface area contributed by atoms with Crippen LogP contribution in [0, 0.1) is 0 Å². The molecule has 1 amide bonds. The van der Waals surface area contributed by atoms with Crippen molar-refractivity contribution in [3.8, 4) is 0 Å². The van der Waals surface area contributed by atoms with E-state index in [1.807, 2.05) is 18.2 Å². The number of hydrogen-bond donors (Lipinski definition) is 2. The van der Waals surface area contributed by atoms with E-state index in [1.54, 1.807) is 24.3 Å². The second-order valence-electron chi connectivity index (χ2n) is 4.01. The van der Waals surface area contributed by atoms with Crippen molar-refractivity contribution < 1.29 is 4.79 Å². The Morgan fingerprint density at radius 3 is 2.74 bits per heavy atom. The molecule has 5 heteroatoms. The van der Waals surface area contributed by atoms with Gasteiger partial charge in [0.2, 0.25) is 0 Å². The average Bonchev–Trinajstić information content (AvgIpc) is 2.40. The zero-order chi connectivity index (χ0) is 13.8. The molecule has 0 fully saturated rings. The van der Waals surface area contributed by atoms with Gasteiger partial charge < -0.3 is 11.1 Å². The maximum absolute atomic E-state index is 12.0. The van der Waals surface area contributed by atoms with Gasteiger partial charge in [-0.15, -0.1) is 0 Å². The highest BCUT2D eigenvalue weighted by Crippen LogP contribution is 2.21. The summed E-state index contributed by atoms with van der Waals surface area (Å²) in [7, 11) is 0. The first-order valence-electron chi connectivity index (χ1n) is 5.64. The second-order valence-corrected chi connectivity index (χ2v) is 5.33. The fourth-order valence-electron chi connectivity index (χ4n) is 1.64. The Bertz CT molecular complexity index is 616. The maximum atomic E-state index is 12.0. The molecule has 0 spiro atoms. The number of amides is 1. The summed E-state index contributed by atoms with van der Waals surface area (Å²) in [6.45, 7) is 0.369. The number of nitrogen functional groups attached to an aromatic ring is 1. The zero-order valence-corrected chi connectivity index (χ0v) is 12.3. The standard InChI is InChI=1S/C14H12BrClN2O/c15-10-5-6-12(16)11(7-10)14(19)18-8-9-3-1-2-4-13(9)17/h1-7H,8,17H2,(H,18,19). The van der Waals surface area contributed by atoms with Crippen LogP contribution in [0.5, 0.6) is 0 Å². The molecule has 0 saturated carbocycles. The number of halogens is 2. The molecule has 0 heterocycles. The molecule has 0 aliphatic carbocycles. The first kappa shape index (κ1) is 13.9. The number of carbonyl (C=O) groups is 1. The first-order chi connectivity index (χ1) is 9.08. The van der Waals surface area contributed by atoms with Crippen molar-refractivity contribution >= 4 is 39.1 Å². The van der Waals surface area contributed by atoms with Crippen LogP contribution in [0.1, 0.15) is 15.9 Å². The lowest BCUT2D eigenvalue weighted by atomic mass is 10.1. The van der Waals surface area contributed by atoms with Gasteiger partial charge in [0.05, 0.1) is 10.6 Å². The normalized spacial score (nSPS) is 10.2. The van der Waals surface area contributed by atoms with Gasteiger partial charge in [0.1, 0.15) is 0 Å². The molecule has 0 radical (unpaired) electrons. The summed E-state index contributed by atoms with van der Waals surface area (Å²) in [6.07, 6.45) is 0. The van der Waals surface area contributed by atoms with E-state index in [4.69, 9.17) is 17.3 Å². The van der Waals surface area contributed by atoms with Crippen molar-refractivity contribution in [3.05, 3.63) is 63.1 Å². The fourth-order valence-corrected chi connectivity index (χ4v) is 2.20. The van der Waals surface area contributed by atoms with Gasteiger partial charge in [0.25, 0.3) is 5.91 Å². The molecule has 0 aliphatic rings. The van der Waals surface area contributed by atoms with Gasteiger partial charge in [-0.2, -0.15) is 0 Å². The van der Waals surface area contributed by atoms with Crippen LogP contribution in [0.25, 0.3) is 0 Å². The van der Waals surface area contributed by atoms with Crippen molar-refractivity contribution in [2.75, 3.05) is 5.73 Å². The number of rotatable bonds is 3. The van der Waals surface area contributed by atoms with Gasteiger partial charge in [-0.05, 0) is 29.8 Å². The van der Waals surface area contributed by atoms with E-state index in [0.29, 0.717) is 22.8 Å². The Balaban J connectivity index is 2.10. The molecule has 0 saturated heterocycles. The largest absolute Gasteiger partial charge is 0.398 e. The van der Waals surface area contributed by atoms with E-state index in [0.717, 1.165) is 10.0 Å². The highest BCUT2D eigenvalue weighted by Gasteiger charge is 2.10. The summed E-state index contributed by atoms with van der Waals surface area (Å²) < 4.78 is 0.807. The van der Waals surface area contributed by atoms with E-state index in [-0.39, 0.29) is 5.91 Å². The lowest BCUT2D eigenvalue weighted by Crippen LogP contribution is -2.23.